The van der Waals surface area contributed by atoms with Crippen molar-refractivity contribution < 1.29 is 19.4 Å². The summed E-state index contributed by atoms with van der Waals surface area (Å²) < 4.78 is 4.85. The molecule has 0 aromatic carbocycles. The largest absolute Gasteiger partial charge is 0.462 e. The van der Waals surface area contributed by atoms with Gasteiger partial charge in [0.25, 0.3) is 0 Å². The smallest absolute Gasteiger partial charge is 0.302 e. The lowest BCUT2D eigenvalue weighted by atomic mass is 9.71. The Hall–Kier alpha value is -1.68. The molecule has 0 saturated carbocycles. The fraction of sp³-hybridized carbons (Fsp3) is 0.529. The van der Waals surface area contributed by atoms with E-state index in [1.807, 2.05) is 32.9 Å². The molecule has 1 aliphatic rings. The van der Waals surface area contributed by atoms with Gasteiger partial charge in [0.2, 0.25) is 0 Å². The molecule has 1 N–H and O–H groups in total. The van der Waals surface area contributed by atoms with Crippen LogP contribution in [0.3, 0.4) is 0 Å². The maximum Gasteiger partial charge on any atom is 0.302 e. The Balaban J connectivity index is 2.91. The van der Waals surface area contributed by atoms with Gasteiger partial charge < -0.3 is 9.84 Å². The summed E-state index contributed by atoms with van der Waals surface area (Å²) in [6.07, 6.45) is 5.14. The summed E-state index contributed by atoms with van der Waals surface area (Å²) in [5, 5.41) is 9.78. The van der Waals surface area contributed by atoms with Crippen LogP contribution in [0, 0.1) is 5.41 Å². The van der Waals surface area contributed by atoms with Crippen LogP contribution in [0.2, 0.25) is 0 Å². The number of rotatable bonds is 4. The first kappa shape index (κ1) is 17.4. The summed E-state index contributed by atoms with van der Waals surface area (Å²) in [7, 11) is 0. The molecule has 0 spiro atoms. The molecule has 0 radical (unpaired) electrons. The molecule has 4 heteroatoms. The summed E-state index contributed by atoms with van der Waals surface area (Å²) in [5.41, 5.74) is 2.26. The topological polar surface area (TPSA) is 63.6 Å². The van der Waals surface area contributed by atoms with E-state index >= 15 is 0 Å². The van der Waals surface area contributed by atoms with Crippen molar-refractivity contribution in [2.45, 2.75) is 47.1 Å². The second-order valence-electron chi connectivity index (χ2n) is 6.09. The van der Waals surface area contributed by atoms with Crippen LogP contribution in [0.1, 0.15) is 41.0 Å². The lowest BCUT2D eigenvalue weighted by Crippen LogP contribution is -2.35. The van der Waals surface area contributed by atoms with Crippen LogP contribution in [-0.4, -0.2) is 29.6 Å². The first-order valence-corrected chi connectivity index (χ1v) is 7.07. The summed E-state index contributed by atoms with van der Waals surface area (Å²) in [6.45, 7) is 9.30. The second-order valence-corrected chi connectivity index (χ2v) is 6.09. The molecule has 4 nitrogen and oxygen atoms in total. The van der Waals surface area contributed by atoms with Crippen LogP contribution >= 0.6 is 0 Å². The van der Waals surface area contributed by atoms with E-state index in [2.05, 4.69) is 0 Å². The van der Waals surface area contributed by atoms with Crippen molar-refractivity contribution in [1.82, 2.24) is 0 Å². The van der Waals surface area contributed by atoms with Crippen molar-refractivity contribution in [3.8, 4) is 0 Å². The molecule has 0 heterocycles. The van der Waals surface area contributed by atoms with Gasteiger partial charge in [0.1, 0.15) is 12.7 Å². The molecule has 0 aliphatic heterocycles. The highest BCUT2D eigenvalue weighted by atomic mass is 16.5. The number of hydrogen-bond acceptors (Lipinski definition) is 4. The van der Waals surface area contributed by atoms with Gasteiger partial charge >= 0.3 is 5.97 Å². The van der Waals surface area contributed by atoms with Gasteiger partial charge in [-0.05, 0) is 42.9 Å². The standard InChI is InChI=1S/C17H24O4/c1-11(8-9-21-13(3)18)6-7-14-12(2)16(20)15(19)10-17(14,4)5/h6-8,15,19H,9-10H2,1-5H3/b7-6+,11-8+. The number of carbonyl (C=O) groups excluding carboxylic acids is 2. The zero-order valence-corrected chi connectivity index (χ0v) is 13.4. The molecule has 1 atom stereocenters. The fourth-order valence-corrected chi connectivity index (χ4v) is 2.50. The molecule has 116 valence electrons. The molecule has 0 bridgehead atoms. The van der Waals surface area contributed by atoms with Gasteiger partial charge in [0, 0.05) is 6.92 Å². The highest BCUT2D eigenvalue weighted by Crippen LogP contribution is 2.39. The van der Waals surface area contributed by atoms with E-state index in [0.717, 1.165) is 11.1 Å². The van der Waals surface area contributed by atoms with Gasteiger partial charge in [-0.15, -0.1) is 0 Å². The number of allylic oxidation sites excluding steroid dienone is 4. The number of aliphatic hydroxyl groups excluding tert-OH is 1. The van der Waals surface area contributed by atoms with E-state index in [1.54, 1.807) is 13.0 Å². The number of carbonyl (C=O) groups is 2. The minimum Gasteiger partial charge on any atom is -0.462 e. The molecule has 0 fully saturated rings. The Morgan fingerprint density at radius 1 is 1.43 bits per heavy atom. The van der Waals surface area contributed by atoms with Gasteiger partial charge in [-0.3, -0.25) is 9.59 Å². The van der Waals surface area contributed by atoms with E-state index in [-0.39, 0.29) is 23.8 Å². The van der Waals surface area contributed by atoms with Gasteiger partial charge in [-0.2, -0.15) is 0 Å². The third-order valence-electron chi connectivity index (χ3n) is 3.71. The number of ether oxygens (including phenoxy) is 1. The molecular formula is C17H24O4. The van der Waals surface area contributed by atoms with Crippen LogP contribution in [0.4, 0.5) is 0 Å². The number of aliphatic hydroxyl groups is 1. The normalized spacial score (nSPS) is 22.9. The van der Waals surface area contributed by atoms with Crippen molar-refractivity contribution in [2.75, 3.05) is 6.61 Å². The highest BCUT2D eigenvalue weighted by molar-refractivity contribution is 6.00. The average molecular weight is 292 g/mol. The van der Waals surface area contributed by atoms with Crippen molar-refractivity contribution in [1.29, 1.82) is 0 Å². The van der Waals surface area contributed by atoms with Crippen LogP contribution in [0.5, 0.6) is 0 Å². The monoisotopic (exact) mass is 292 g/mol. The molecule has 21 heavy (non-hydrogen) atoms. The molecule has 0 saturated heterocycles. The highest BCUT2D eigenvalue weighted by Gasteiger charge is 2.36. The Morgan fingerprint density at radius 3 is 2.62 bits per heavy atom. The first-order valence-electron chi connectivity index (χ1n) is 7.07. The third-order valence-corrected chi connectivity index (χ3v) is 3.71. The first-order chi connectivity index (χ1) is 9.65. The lowest BCUT2D eigenvalue weighted by molar-refractivity contribution is -0.139. The van der Waals surface area contributed by atoms with Crippen LogP contribution < -0.4 is 0 Å². The second kappa shape index (κ2) is 6.85. The van der Waals surface area contributed by atoms with Crippen molar-refractivity contribution >= 4 is 11.8 Å². The van der Waals surface area contributed by atoms with E-state index in [0.29, 0.717) is 12.0 Å². The van der Waals surface area contributed by atoms with E-state index < -0.39 is 6.10 Å². The SMILES string of the molecule is CC(=O)OC/C=C(C)/C=C/C1=C(C)C(=O)C(O)CC1(C)C. The Kier molecular flexibility index (Phi) is 5.67. The van der Waals surface area contributed by atoms with Crippen LogP contribution in [0.15, 0.2) is 34.9 Å². The summed E-state index contributed by atoms with van der Waals surface area (Å²) in [4.78, 5) is 22.6. The third kappa shape index (κ3) is 4.67. The van der Waals surface area contributed by atoms with Crippen molar-refractivity contribution in [3.05, 3.63) is 34.9 Å². The summed E-state index contributed by atoms with van der Waals surface area (Å²) in [5.74, 6) is -0.509. The average Bonchev–Trinajstić information content (AvgIpc) is 2.34. The predicted molar refractivity (Wildman–Crippen MR) is 81.6 cm³/mol. The number of Topliss-reactive ketones (excluding diaryl/α,β-unsaturated/α-hetero) is 1. The van der Waals surface area contributed by atoms with Gasteiger partial charge in [-0.1, -0.05) is 31.6 Å². The van der Waals surface area contributed by atoms with Crippen molar-refractivity contribution in [2.24, 2.45) is 5.41 Å². The number of ketones is 1. The molecular weight excluding hydrogens is 268 g/mol. The Labute approximate surface area is 126 Å². The van der Waals surface area contributed by atoms with E-state index in [4.69, 9.17) is 4.74 Å². The van der Waals surface area contributed by atoms with Gasteiger partial charge in [-0.25, -0.2) is 0 Å². The molecule has 0 aromatic heterocycles. The fourth-order valence-electron chi connectivity index (χ4n) is 2.50. The lowest BCUT2D eigenvalue weighted by Gasteiger charge is -2.34. The maximum atomic E-state index is 11.9. The summed E-state index contributed by atoms with van der Waals surface area (Å²) >= 11 is 0. The molecule has 0 amide bonds. The van der Waals surface area contributed by atoms with Gasteiger partial charge in [0.15, 0.2) is 5.78 Å². The van der Waals surface area contributed by atoms with Crippen LogP contribution in [-0.2, 0) is 14.3 Å². The Morgan fingerprint density at radius 2 is 2.05 bits per heavy atom. The zero-order chi connectivity index (χ0) is 16.2. The van der Waals surface area contributed by atoms with E-state index in [1.165, 1.54) is 6.92 Å². The van der Waals surface area contributed by atoms with Crippen LogP contribution in [0.25, 0.3) is 0 Å². The van der Waals surface area contributed by atoms with Crippen molar-refractivity contribution in [3.63, 3.8) is 0 Å². The molecule has 1 aliphatic carbocycles. The Bertz CT molecular complexity index is 521. The zero-order valence-electron chi connectivity index (χ0n) is 13.4. The summed E-state index contributed by atoms with van der Waals surface area (Å²) in [6, 6.07) is 0. The maximum absolute atomic E-state index is 11.9. The molecule has 1 rings (SSSR count). The minimum atomic E-state index is -0.905. The number of hydrogen-bond donors (Lipinski definition) is 1. The molecule has 0 aromatic rings. The quantitative estimate of drug-likeness (QED) is 0.639. The van der Waals surface area contributed by atoms with E-state index in [9.17, 15) is 14.7 Å². The minimum absolute atomic E-state index is 0.199. The molecule has 1 unspecified atom stereocenters. The van der Waals surface area contributed by atoms with Gasteiger partial charge in [0.05, 0.1) is 0 Å². The number of esters is 1. The predicted octanol–water partition coefficient (Wildman–Crippen LogP) is 2.73.